The van der Waals surface area contributed by atoms with Crippen molar-refractivity contribution in [2.24, 2.45) is 0 Å². The first-order chi connectivity index (χ1) is 15.0. The third-order valence-electron chi connectivity index (χ3n) is 5.80. The van der Waals surface area contributed by atoms with Crippen LogP contribution in [0.25, 0.3) is 0 Å². The number of aryl methyl sites for hydroxylation is 3. The van der Waals surface area contributed by atoms with Gasteiger partial charge in [-0.2, -0.15) is 0 Å². The van der Waals surface area contributed by atoms with Gasteiger partial charge in [-0.05, 0) is 50.8 Å². The fraction of sp³-hybridized carbons (Fsp3) is 0.360. The quantitative estimate of drug-likeness (QED) is 0.559. The van der Waals surface area contributed by atoms with E-state index in [0.717, 1.165) is 49.0 Å². The van der Waals surface area contributed by atoms with Crippen LogP contribution in [-0.2, 0) is 6.54 Å². The first-order valence-electron chi connectivity index (χ1n) is 10.9. The maximum absolute atomic E-state index is 12.9. The van der Waals surface area contributed by atoms with Gasteiger partial charge in [-0.1, -0.05) is 59.4 Å². The van der Waals surface area contributed by atoms with Gasteiger partial charge in [0.1, 0.15) is 4.88 Å². The fourth-order valence-corrected chi connectivity index (χ4v) is 4.94. The summed E-state index contributed by atoms with van der Waals surface area (Å²) >= 11 is 1.42. The lowest BCUT2D eigenvalue weighted by atomic mass is 10.0. The summed E-state index contributed by atoms with van der Waals surface area (Å²) < 4.78 is 0. The molecule has 1 aromatic heterocycles. The topological polar surface area (TPSA) is 57.3 Å². The molecule has 1 aliphatic heterocycles. The molecule has 2 N–H and O–H groups in total. The number of benzene rings is 2. The maximum atomic E-state index is 12.9. The van der Waals surface area contributed by atoms with Crippen LogP contribution in [0, 0.1) is 20.8 Å². The van der Waals surface area contributed by atoms with Crippen LogP contribution in [0.3, 0.4) is 0 Å². The van der Waals surface area contributed by atoms with E-state index in [2.05, 4.69) is 82.9 Å². The van der Waals surface area contributed by atoms with Gasteiger partial charge in [0, 0.05) is 31.4 Å². The minimum absolute atomic E-state index is 0.00909. The number of thiazole rings is 1. The van der Waals surface area contributed by atoms with Gasteiger partial charge >= 0.3 is 0 Å². The number of aromatic nitrogens is 1. The Morgan fingerprint density at radius 3 is 2.55 bits per heavy atom. The molecule has 0 bridgehead atoms. The molecule has 0 saturated carbocycles. The highest BCUT2D eigenvalue weighted by Gasteiger charge is 2.23. The second-order valence-corrected chi connectivity index (χ2v) is 9.39. The first kappa shape index (κ1) is 21.5. The molecule has 1 amide bonds. The molecular weight excluding hydrogens is 404 g/mol. The lowest BCUT2D eigenvalue weighted by Crippen LogP contribution is -2.44. The molecule has 31 heavy (non-hydrogen) atoms. The Balaban J connectivity index is 1.32. The summed E-state index contributed by atoms with van der Waals surface area (Å²) in [6.07, 6.45) is 1.95. The second kappa shape index (κ2) is 9.62. The lowest BCUT2D eigenvalue weighted by molar-refractivity contribution is 0.0912. The summed E-state index contributed by atoms with van der Waals surface area (Å²) in [7, 11) is 0. The zero-order chi connectivity index (χ0) is 21.8. The first-order valence-corrected chi connectivity index (χ1v) is 11.7. The van der Waals surface area contributed by atoms with Gasteiger partial charge in [-0.25, -0.2) is 4.98 Å². The van der Waals surface area contributed by atoms with Gasteiger partial charge in [-0.15, -0.1) is 0 Å². The van der Waals surface area contributed by atoms with Crippen molar-refractivity contribution < 1.29 is 4.79 Å². The summed E-state index contributed by atoms with van der Waals surface area (Å²) in [4.78, 5) is 20.6. The van der Waals surface area contributed by atoms with Crippen molar-refractivity contribution in [2.75, 3.05) is 18.4 Å². The molecular formula is C25H30N4OS. The van der Waals surface area contributed by atoms with Gasteiger partial charge in [0.05, 0.1) is 5.69 Å². The molecule has 0 atom stereocenters. The molecule has 0 radical (unpaired) electrons. The van der Waals surface area contributed by atoms with Crippen molar-refractivity contribution in [1.82, 2.24) is 15.2 Å². The molecule has 3 aromatic rings. The molecule has 5 nitrogen and oxygen atoms in total. The summed E-state index contributed by atoms with van der Waals surface area (Å²) in [5.41, 5.74) is 5.54. The highest BCUT2D eigenvalue weighted by atomic mass is 32.1. The van der Waals surface area contributed by atoms with Gasteiger partial charge in [0.15, 0.2) is 5.13 Å². The van der Waals surface area contributed by atoms with Crippen LogP contribution in [-0.4, -0.2) is 34.9 Å². The van der Waals surface area contributed by atoms with E-state index in [1.165, 1.54) is 28.0 Å². The van der Waals surface area contributed by atoms with Crippen molar-refractivity contribution in [3.63, 3.8) is 0 Å². The van der Waals surface area contributed by atoms with E-state index in [-0.39, 0.29) is 11.9 Å². The van der Waals surface area contributed by atoms with Crippen LogP contribution in [0.15, 0.2) is 48.5 Å². The number of hydrogen-bond acceptors (Lipinski definition) is 5. The minimum Gasteiger partial charge on any atom is -0.348 e. The number of amides is 1. The molecule has 0 unspecified atom stereocenters. The van der Waals surface area contributed by atoms with Crippen LogP contribution in [0.1, 0.15) is 44.9 Å². The van der Waals surface area contributed by atoms with Gasteiger partial charge in [0.2, 0.25) is 0 Å². The van der Waals surface area contributed by atoms with Gasteiger partial charge in [0.25, 0.3) is 5.91 Å². The fourth-order valence-electron chi connectivity index (χ4n) is 4.06. The van der Waals surface area contributed by atoms with E-state index in [4.69, 9.17) is 0 Å². The summed E-state index contributed by atoms with van der Waals surface area (Å²) in [5.74, 6) is -0.00909. The number of carbonyl (C=O) groups is 1. The van der Waals surface area contributed by atoms with E-state index in [9.17, 15) is 4.79 Å². The Hall–Kier alpha value is -2.70. The number of nitrogens with zero attached hydrogens (tertiary/aromatic N) is 2. The van der Waals surface area contributed by atoms with Crippen molar-refractivity contribution >= 4 is 28.1 Å². The molecule has 0 aliphatic carbocycles. The largest absolute Gasteiger partial charge is 0.348 e. The average Bonchev–Trinajstić information content (AvgIpc) is 3.12. The molecule has 4 rings (SSSR count). The number of piperidine rings is 1. The SMILES string of the molecule is Cc1ccc(Nc2nc(C)c(C(=O)NC3CCN(Cc4ccccc4)CC3)s2)c(C)c1. The Morgan fingerprint density at radius 2 is 1.84 bits per heavy atom. The van der Waals surface area contributed by atoms with E-state index >= 15 is 0 Å². The predicted octanol–water partition coefficient (Wildman–Crippen LogP) is 5.21. The van der Waals surface area contributed by atoms with Gasteiger partial charge in [-0.3, -0.25) is 9.69 Å². The molecule has 1 saturated heterocycles. The second-order valence-electron chi connectivity index (χ2n) is 8.39. The van der Waals surface area contributed by atoms with Crippen LogP contribution in [0.5, 0.6) is 0 Å². The predicted molar refractivity (Wildman–Crippen MR) is 128 cm³/mol. The van der Waals surface area contributed by atoms with Crippen molar-refractivity contribution in [3.05, 3.63) is 75.8 Å². The number of rotatable bonds is 6. The maximum Gasteiger partial charge on any atom is 0.263 e. The number of anilines is 2. The number of carbonyl (C=O) groups excluding carboxylic acids is 1. The third-order valence-corrected chi connectivity index (χ3v) is 6.87. The van der Waals surface area contributed by atoms with Crippen LogP contribution >= 0.6 is 11.3 Å². The van der Waals surface area contributed by atoms with Crippen molar-refractivity contribution in [2.45, 2.75) is 46.2 Å². The number of hydrogen-bond donors (Lipinski definition) is 2. The molecule has 162 valence electrons. The number of nitrogens with one attached hydrogen (secondary N) is 2. The Labute approximate surface area is 188 Å². The van der Waals surface area contributed by atoms with E-state index in [0.29, 0.717) is 4.88 Å². The van der Waals surface area contributed by atoms with Crippen LogP contribution in [0.4, 0.5) is 10.8 Å². The normalized spacial score (nSPS) is 15.1. The zero-order valence-corrected chi connectivity index (χ0v) is 19.3. The average molecular weight is 435 g/mol. The monoisotopic (exact) mass is 434 g/mol. The summed E-state index contributed by atoms with van der Waals surface area (Å²) in [5, 5.41) is 7.36. The van der Waals surface area contributed by atoms with Crippen molar-refractivity contribution in [3.8, 4) is 0 Å². The molecule has 1 aliphatic rings. The van der Waals surface area contributed by atoms with E-state index in [1.54, 1.807) is 0 Å². The van der Waals surface area contributed by atoms with E-state index in [1.807, 2.05) is 6.92 Å². The minimum atomic E-state index is -0.00909. The standard InChI is InChI=1S/C25H30N4OS/c1-17-9-10-22(18(2)15-17)28-25-26-19(3)23(31-25)24(30)27-21-11-13-29(14-12-21)16-20-7-5-4-6-8-20/h4-10,15,21H,11-14,16H2,1-3H3,(H,26,28)(H,27,30). The van der Waals surface area contributed by atoms with Crippen LogP contribution in [0.2, 0.25) is 0 Å². The van der Waals surface area contributed by atoms with Crippen LogP contribution < -0.4 is 10.6 Å². The Bertz CT molecular complexity index is 1040. The van der Waals surface area contributed by atoms with Gasteiger partial charge < -0.3 is 10.6 Å². The third kappa shape index (κ3) is 5.51. The Morgan fingerprint density at radius 1 is 1.10 bits per heavy atom. The lowest BCUT2D eigenvalue weighted by Gasteiger charge is -2.32. The molecule has 2 heterocycles. The summed E-state index contributed by atoms with van der Waals surface area (Å²) in [6.45, 7) is 9.04. The summed E-state index contributed by atoms with van der Waals surface area (Å²) in [6, 6.07) is 17.1. The van der Waals surface area contributed by atoms with Crippen molar-refractivity contribution in [1.29, 1.82) is 0 Å². The molecule has 1 fully saturated rings. The van der Waals surface area contributed by atoms with E-state index < -0.39 is 0 Å². The highest BCUT2D eigenvalue weighted by Crippen LogP contribution is 2.28. The Kier molecular flexibility index (Phi) is 6.68. The highest BCUT2D eigenvalue weighted by molar-refractivity contribution is 7.17. The molecule has 0 spiro atoms. The molecule has 2 aromatic carbocycles. The zero-order valence-electron chi connectivity index (χ0n) is 18.4. The number of likely N-dealkylation sites (tertiary alicyclic amines) is 1. The molecule has 6 heteroatoms. The smallest absolute Gasteiger partial charge is 0.263 e.